The molecule has 1 aliphatic heterocycles. The molecule has 0 saturated carbocycles. The zero-order chi connectivity index (χ0) is 46.3. The van der Waals surface area contributed by atoms with Crippen LogP contribution in [0.2, 0.25) is 0 Å². The molecule has 0 amide bonds. The second-order valence-electron chi connectivity index (χ2n) is 17.4. The van der Waals surface area contributed by atoms with Gasteiger partial charge in [0.25, 0.3) is 0 Å². The van der Waals surface area contributed by atoms with E-state index in [1.807, 2.05) is 30.3 Å². The van der Waals surface area contributed by atoms with Crippen LogP contribution in [-0.4, -0.2) is 61.1 Å². The first kappa shape index (κ1) is 51.6. The number of anilines is 1. The summed E-state index contributed by atoms with van der Waals surface area (Å²) in [5, 5.41) is 14.4. The Morgan fingerprint density at radius 3 is 2.03 bits per heavy atom. The average molecular weight is 919 g/mol. The number of esters is 1. The number of unbranched alkanes of at least 4 members (excludes halogenated alkanes) is 16. The molecule has 356 valence electrons. The van der Waals surface area contributed by atoms with E-state index in [2.05, 4.69) is 39.8 Å². The second kappa shape index (κ2) is 27.3. The van der Waals surface area contributed by atoms with Gasteiger partial charge in [0, 0.05) is 6.42 Å². The van der Waals surface area contributed by atoms with E-state index in [0.29, 0.717) is 0 Å². The molecule has 13 nitrogen and oxygen atoms in total. The number of nitrogens with two attached hydrogens (primary N) is 1. The van der Waals surface area contributed by atoms with Gasteiger partial charge < -0.3 is 24.8 Å². The maximum absolute atomic E-state index is 15.1. The highest BCUT2D eigenvalue weighted by Gasteiger charge is 2.50. The molecular formula is C50H72FN6O7P. The number of carbonyl (C=O) groups is 1. The number of nitrogen functional groups attached to an aromatic ring is 1. The number of carbonyl (C=O) groups excluding carboxylic acids is 1. The number of fused-ring (bicyclic) bond motifs is 1. The van der Waals surface area contributed by atoms with Crippen molar-refractivity contribution in [2.24, 2.45) is 0 Å². The Morgan fingerprint density at radius 1 is 0.908 bits per heavy atom. The molecule has 0 spiro atoms. The van der Waals surface area contributed by atoms with Gasteiger partial charge in [-0.15, -0.1) is 6.42 Å². The molecule has 4 N–H and O–H groups in total. The number of benzene rings is 2. The molecule has 0 bridgehead atoms. The first-order valence-electron chi connectivity index (χ1n) is 24.1. The summed E-state index contributed by atoms with van der Waals surface area (Å²) < 4.78 is 55.6. The third kappa shape index (κ3) is 16.5. The van der Waals surface area contributed by atoms with Crippen molar-refractivity contribution >= 4 is 30.7 Å². The highest BCUT2D eigenvalue weighted by Crippen LogP contribution is 2.48. The smallest absolute Gasteiger partial charge is 0.459 e. The Hall–Kier alpha value is -4.38. The molecule has 5 rings (SSSR count). The molecule has 0 aliphatic carbocycles. The van der Waals surface area contributed by atoms with Crippen molar-refractivity contribution in [3.05, 3.63) is 78.6 Å². The van der Waals surface area contributed by atoms with Crippen molar-refractivity contribution < 1.29 is 37.4 Å². The number of imidazole rings is 1. The zero-order valence-electron chi connectivity index (χ0n) is 38.6. The number of hydrogen-bond acceptors (Lipinski definition) is 11. The Morgan fingerprint density at radius 2 is 1.46 bits per heavy atom. The van der Waals surface area contributed by atoms with E-state index < -0.39 is 50.4 Å². The molecule has 1 aliphatic rings. The lowest BCUT2D eigenvalue weighted by Gasteiger charge is -2.30. The van der Waals surface area contributed by atoms with Crippen molar-refractivity contribution in [1.29, 1.82) is 0 Å². The van der Waals surface area contributed by atoms with Crippen LogP contribution in [0.25, 0.3) is 11.2 Å². The standard InChI is InChI=1S/C50H72FN6O7P/c1-4-7-9-11-13-15-17-19-25-31-40(32-26-20-18-16-14-12-10-8-5-2)62-48(59)42(35-39-29-23-21-24-30-39)56-65(60,64-41-33-27-22-28-34-41)61-37-50(6-3)43(58)36-44(63-50)57-38-53-45-46(52)54-49(51)55-47(45)57/h3,21-24,27-30,33-34,38,40,42-44,58H,4-5,7-20,25-26,31-32,35-37H2,1-2H3,(H,56,60)(H2,52,54,55)/t42-,43-,44+,50+,65?/m0/s1. The van der Waals surface area contributed by atoms with Crippen molar-refractivity contribution in [3.63, 3.8) is 0 Å². The van der Waals surface area contributed by atoms with E-state index >= 15 is 4.57 Å². The number of nitrogens with one attached hydrogen (secondary N) is 1. The van der Waals surface area contributed by atoms with Gasteiger partial charge in [0.2, 0.25) is 0 Å². The molecule has 4 aromatic rings. The predicted octanol–water partition coefficient (Wildman–Crippen LogP) is 11.4. The lowest BCUT2D eigenvalue weighted by atomic mass is 9.99. The normalized spacial score (nSPS) is 18.7. The van der Waals surface area contributed by atoms with Gasteiger partial charge in [-0.25, -0.2) is 9.55 Å². The molecule has 1 fully saturated rings. The number of terminal acetylenes is 1. The molecule has 15 heteroatoms. The largest absolute Gasteiger partial charge is 0.461 e. The summed E-state index contributed by atoms with van der Waals surface area (Å²) in [7, 11) is -4.53. The number of aliphatic hydroxyl groups excluding tert-OH is 1. The summed E-state index contributed by atoms with van der Waals surface area (Å²) in [6.07, 6.45) is 26.6. The molecule has 5 atom stereocenters. The fraction of sp³-hybridized carbons (Fsp3) is 0.600. The van der Waals surface area contributed by atoms with E-state index in [-0.39, 0.29) is 41.7 Å². The van der Waals surface area contributed by atoms with Crippen LogP contribution >= 0.6 is 7.75 Å². The number of aromatic nitrogens is 4. The van der Waals surface area contributed by atoms with Crippen molar-refractivity contribution in [1.82, 2.24) is 24.6 Å². The summed E-state index contributed by atoms with van der Waals surface area (Å²) in [6.45, 7) is 3.84. The van der Waals surface area contributed by atoms with Crippen molar-refractivity contribution in [2.45, 2.75) is 185 Å². The lowest BCUT2D eigenvalue weighted by molar-refractivity contribution is -0.152. The number of halogens is 1. The van der Waals surface area contributed by atoms with Gasteiger partial charge in [-0.05, 0) is 49.8 Å². The number of rotatable bonds is 32. The second-order valence-corrected chi connectivity index (χ2v) is 19.1. The van der Waals surface area contributed by atoms with Crippen LogP contribution in [-0.2, 0) is 29.8 Å². The zero-order valence-corrected chi connectivity index (χ0v) is 39.5. The highest BCUT2D eigenvalue weighted by atomic mass is 31.2. The fourth-order valence-electron chi connectivity index (χ4n) is 8.33. The van der Waals surface area contributed by atoms with Crippen LogP contribution in [0.5, 0.6) is 5.75 Å². The quantitative estimate of drug-likeness (QED) is 0.0139. The Bertz CT molecular complexity index is 2070. The van der Waals surface area contributed by atoms with Gasteiger partial charge >= 0.3 is 19.8 Å². The number of ether oxygens (including phenoxy) is 2. The molecule has 2 aromatic heterocycles. The first-order valence-corrected chi connectivity index (χ1v) is 25.6. The van der Waals surface area contributed by atoms with Gasteiger partial charge in [-0.1, -0.05) is 171 Å². The van der Waals surface area contributed by atoms with Crippen molar-refractivity contribution in [2.75, 3.05) is 12.3 Å². The Labute approximate surface area is 385 Å². The number of hydrogen-bond donors (Lipinski definition) is 3. The summed E-state index contributed by atoms with van der Waals surface area (Å²) >= 11 is 0. The number of para-hydroxylation sites is 1. The number of aliphatic hydroxyl groups is 1. The van der Waals surface area contributed by atoms with Crippen molar-refractivity contribution in [3.8, 4) is 18.1 Å². The SMILES string of the molecule is C#C[C@]1(COP(=O)(N[C@@H](Cc2ccccc2)C(=O)OC(CCCCCCCCCCC)CCCCCCCCCCC)Oc2ccccc2)O[C@@H](n2cnc3c(N)nc(F)nc32)C[C@@H]1O. The van der Waals surface area contributed by atoms with Crippen LogP contribution < -0.4 is 15.3 Å². The number of nitrogens with zero attached hydrogens (tertiary/aromatic N) is 4. The van der Waals surface area contributed by atoms with Crippen LogP contribution in [0.15, 0.2) is 67.0 Å². The molecular weight excluding hydrogens is 847 g/mol. The first-order chi connectivity index (χ1) is 31.6. The van der Waals surface area contributed by atoms with Gasteiger partial charge in [-0.2, -0.15) is 19.4 Å². The van der Waals surface area contributed by atoms with Gasteiger partial charge in [0.15, 0.2) is 22.6 Å². The summed E-state index contributed by atoms with van der Waals surface area (Å²) in [4.78, 5) is 26.1. The van der Waals surface area contributed by atoms with E-state index in [9.17, 15) is 14.3 Å². The maximum Gasteiger partial charge on any atom is 0.459 e. The van der Waals surface area contributed by atoms with Crippen LogP contribution in [0.3, 0.4) is 0 Å². The Balaban J connectivity index is 1.32. The van der Waals surface area contributed by atoms with E-state index in [0.717, 1.165) is 56.9 Å². The Kier molecular flexibility index (Phi) is 21.7. The average Bonchev–Trinajstić information content (AvgIpc) is 3.88. The lowest BCUT2D eigenvalue weighted by Crippen LogP contribution is -2.45. The third-order valence-electron chi connectivity index (χ3n) is 12.1. The predicted molar refractivity (Wildman–Crippen MR) is 253 cm³/mol. The minimum atomic E-state index is -4.53. The van der Waals surface area contributed by atoms with Crippen LogP contribution in [0.1, 0.15) is 160 Å². The van der Waals surface area contributed by atoms with Gasteiger partial charge in [0.05, 0.1) is 6.33 Å². The summed E-state index contributed by atoms with van der Waals surface area (Å²) in [6, 6.07) is 16.7. The minimum absolute atomic E-state index is 0.0388. The van der Waals surface area contributed by atoms with E-state index in [4.69, 9.17) is 30.7 Å². The topological polar surface area (TPSA) is 173 Å². The third-order valence-corrected chi connectivity index (χ3v) is 13.7. The molecule has 2 aromatic carbocycles. The highest BCUT2D eigenvalue weighted by molar-refractivity contribution is 7.52. The summed E-state index contributed by atoms with van der Waals surface area (Å²) in [5.74, 6) is 1.96. The molecule has 1 saturated heterocycles. The van der Waals surface area contributed by atoms with Crippen LogP contribution in [0, 0.1) is 18.4 Å². The molecule has 3 heterocycles. The fourth-order valence-corrected chi connectivity index (χ4v) is 9.85. The molecule has 1 unspecified atom stereocenters. The van der Waals surface area contributed by atoms with Gasteiger partial charge in [-0.3, -0.25) is 13.9 Å². The molecule has 0 radical (unpaired) electrons. The van der Waals surface area contributed by atoms with Gasteiger partial charge in [0.1, 0.15) is 36.8 Å². The monoisotopic (exact) mass is 919 g/mol. The minimum Gasteiger partial charge on any atom is -0.461 e. The van der Waals surface area contributed by atoms with E-state index in [1.165, 1.54) is 87.9 Å². The van der Waals surface area contributed by atoms with Crippen LogP contribution in [0.4, 0.5) is 10.2 Å². The summed E-state index contributed by atoms with van der Waals surface area (Å²) in [5.41, 5.74) is 5.00. The van der Waals surface area contributed by atoms with E-state index in [1.54, 1.807) is 30.3 Å². The molecule has 65 heavy (non-hydrogen) atoms. The maximum atomic E-state index is 15.1.